The lowest BCUT2D eigenvalue weighted by Crippen LogP contribution is -1.95. The van der Waals surface area contributed by atoms with Gasteiger partial charge in [-0.2, -0.15) is 0 Å². The van der Waals surface area contributed by atoms with E-state index in [2.05, 4.69) is 0 Å². The van der Waals surface area contributed by atoms with E-state index in [9.17, 15) is 66.4 Å². The Bertz CT molecular complexity index is 1270. The molecule has 13 N–H and O–H groups in total. The van der Waals surface area contributed by atoms with Crippen LogP contribution < -0.4 is 0 Å². The molecule has 182 valence electrons. The Kier molecular flexibility index (Phi) is 5.29. The van der Waals surface area contributed by atoms with E-state index in [0.29, 0.717) is 0 Å². The van der Waals surface area contributed by atoms with Crippen LogP contribution in [0.4, 0.5) is 0 Å². The van der Waals surface area contributed by atoms with Gasteiger partial charge in [0.1, 0.15) is 0 Å². The fourth-order valence-corrected chi connectivity index (χ4v) is 3.59. The largest absolute Gasteiger partial charge is 0.504 e. The lowest BCUT2D eigenvalue weighted by molar-refractivity contribution is 0.329. The first-order valence-electron chi connectivity index (χ1n) is 9.35. The number of phenolic OH excluding ortho intramolecular Hbond substituents is 13. The van der Waals surface area contributed by atoms with Crippen molar-refractivity contribution < 1.29 is 66.4 Å². The Labute approximate surface area is 189 Å². The van der Waals surface area contributed by atoms with Crippen LogP contribution in [0.5, 0.6) is 74.7 Å². The minimum atomic E-state index is -1.44. The summed E-state index contributed by atoms with van der Waals surface area (Å²) < 4.78 is 0. The first kappa shape index (κ1) is 23.7. The third-order valence-corrected chi connectivity index (χ3v) is 5.28. The molecule has 0 spiro atoms. The van der Waals surface area contributed by atoms with Gasteiger partial charge in [-0.25, -0.2) is 0 Å². The Morgan fingerprint density at radius 3 is 0.706 bits per heavy atom. The predicted molar refractivity (Wildman–Crippen MR) is 113 cm³/mol. The Morgan fingerprint density at radius 2 is 0.471 bits per heavy atom. The number of phenols is 13. The van der Waals surface area contributed by atoms with Crippen LogP contribution in [0.3, 0.4) is 0 Å². The van der Waals surface area contributed by atoms with Gasteiger partial charge in [-0.05, 0) is 5.92 Å². The molecule has 0 atom stereocenters. The second-order valence-electron chi connectivity index (χ2n) is 7.60. The zero-order valence-corrected chi connectivity index (χ0v) is 17.4. The van der Waals surface area contributed by atoms with Crippen molar-refractivity contribution in [1.29, 1.82) is 0 Å². The summed E-state index contributed by atoms with van der Waals surface area (Å²) in [5, 5.41) is 133. The van der Waals surface area contributed by atoms with Gasteiger partial charge in [0.25, 0.3) is 0 Å². The summed E-state index contributed by atoms with van der Waals surface area (Å²) in [6.45, 7) is 2.99. The van der Waals surface area contributed by atoms with E-state index in [1.54, 1.807) is 0 Å². The number of aromatic hydroxyl groups is 13. The number of hydrogen-bond acceptors (Lipinski definition) is 13. The number of hydrogen-bond donors (Lipinski definition) is 13. The van der Waals surface area contributed by atoms with Crippen LogP contribution in [-0.4, -0.2) is 66.4 Å². The van der Waals surface area contributed by atoms with E-state index in [1.165, 1.54) is 13.8 Å². The van der Waals surface area contributed by atoms with Gasteiger partial charge < -0.3 is 66.4 Å². The maximum absolute atomic E-state index is 10.5. The van der Waals surface area contributed by atoms with E-state index in [1.807, 2.05) is 0 Å². The number of benzene rings is 3. The molecule has 0 aliphatic rings. The molecule has 0 aliphatic carbocycles. The zero-order chi connectivity index (χ0) is 26.0. The molecule has 13 nitrogen and oxygen atoms in total. The van der Waals surface area contributed by atoms with Crippen molar-refractivity contribution >= 4 is 0 Å². The molecule has 0 unspecified atom stereocenters. The van der Waals surface area contributed by atoms with Crippen molar-refractivity contribution in [3.05, 3.63) is 5.56 Å². The van der Waals surface area contributed by atoms with Gasteiger partial charge in [0.2, 0.25) is 17.2 Å². The minimum absolute atomic E-state index is 0.298. The van der Waals surface area contributed by atoms with Crippen molar-refractivity contribution in [3.63, 3.8) is 0 Å². The van der Waals surface area contributed by atoms with Crippen molar-refractivity contribution in [2.45, 2.75) is 19.8 Å². The zero-order valence-electron chi connectivity index (χ0n) is 17.4. The first-order chi connectivity index (χ1) is 15.7. The molecule has 3 rings (SSSR count). The van der Waals surface area contributed by atoms with E-state index >= 15 is 0 Å². The summed E-state index contributed by atoms with van der Waals surface area (Å²) in [5.74, 6) is -17.5. The van der Waals surface area contributed by atoms with Crippen LogP contribution in [-0.2, 0) is 0 Å². The third kappa shape index (κ3) is 2.94. The first-order valence-corrected chi connectivity index (χ1v) is 9.35. The Balaban J connectivity index is 2.49. The summed E-state index contributed by atoms with van der Waals surface area (Å²) in [6.07, 6.45) is 0. The number of rotatable bonds is 3. The second-order valence-corrected chi connectivity index (χ2v) is 7.60. The monoisotopic (exact) mass is 480 g/mol. The highest BCUT2D eigenvalue weighted by Gasteiger charge is 2.36. The van der Waals surface area contributed by atoms with Gasteiger partial charge in [-0.15, -0.1) is 0 Å². The van der Waals surface area contributed by atoms with Gasteiger partial charge >= 0.3 is 0 Å². The molecule has 0 radical (unpaired) electrons. The summed E-state index contributed by atoms with van der Waals surface area (Å²) in [7, 11) is 0. The molecule has 3 aromatic rings. The van der Waals surface area contributed by atoms with Crippen LogP contribution in [0.1, 0.15) is 25.3 Å². The fourth-order valence-electron chi connectivity index (χ4n) is 3.59. The van der Waals surface area contributed by atoms with Gasteiger partial charge in [0, 0.05) is 5.56 Å². The molecule has 0 saturated carbocycles. The molecule has 0 saturated heterocycles. The normalized spacial score (nSPS) is 11.3. The van der Waals surface area contributed by atoms with E-state index in [4.69, 9.17) is 0 Å². The van der Waals surface area contributed by atoms with E-state index in [0.717, 1.165) is 0 Å². The van der Waals surface area contributed by atoms with E-state index < -0.39 is 103 Å². The SMILES string of the molecule is CC(C)c1c(O)c(O)c(-c2c(O)c(O)c(-c3c(O)c(O)c(O)c(O)c3O)c(O)c2O)c(O)c1O. The standard InChI is InChI=1S/C21H20O13/c1-3(2)4-9(22)11(24)5(12(25)10(4)23)6-13(26)15(28)7(16(29)14(6)27)8-17(30)19(32)21(34)20(33)18(8)31/h3,22-34H,1-2H3. The highest BCUT2D eigenvalue weighted by molar-refractivity contribution is 6.00. The van der Waals surface area contributed by atoms with Gasteiger partial charge in [0.05, 0.1) is 22.3 Å². The van der Waals surface area contributed by atoms with Crippen molar-refractivity contribution in [2.75, 3.05) is 0 Å². The smallest absolute Gasteiger partial charge is 0.208 e. The molecular weight excluding hydrogens is 460 g/mol. The van der Waals surface area contributed by atoms with Crippen molar-refractivity contribution in [1.82, 2.24) is 0 Å². The molecular formula is C21H20O13. The van der Waals surface area contributed by atoms with Gasteiger partial charge in [-0.1, -0.05) is 13.8 Å². The molecule has 0 heterocycles. The molecule has 0 fully saturated rings. The summed E-state index contributed by atoms with van der Waals surface area (Å²) in [5.41, 5.74) is -4.72. The average Bonchev–Trinajstić information content (AvgIpc) is 2.78. The summed E-state index contributed by atoms with van der Waals surface area (Å²) in [6, 6.07) is 0. The van der Waals surface area contributed by atoms with Crippen molar-refractivity contribution in [2.24, 2.45) is 0 Å². The van der Waals surface area contributed by atoms with Crippen molar-refractivity contribution in [3.8, 4) is 97.0 Å². The molecule has 34 heavy (non-hydrogen) atoms. The maximum atomic E-state index is 10.5. The summed E-state index contributed by atoms with van der Waals surface area (Å²) in [4.78, 5) is 0. The fraction of sp³-hybridized carbons (Fsp3) is 0.143. The maximum Gasteiger partial charge on any atom is 0.208 e. The molecule has 0 aliphatic heterocycles. The topological polar surface area (TPSA) is 263 Å². The highest BCUT2D eigenvalue weighted by Crippen LogP contribution is 2.65. The van der Waals surface area contributed by atoms with Crippen LogP contribution in [0, 0.1) is 0 Å². The highest BCUT2D eigenvalue weighted by atomic mass is 16.4. The predicted octanol–water partition coefficient (Wildman–Crippen LogP) is 2.32. The third-order valence-electron chi connectivity index (χ3n) is 5.28. The quantitative estimate of drug-likeness (QED) is 0.190. The molecule has 13 heteroatoms. The molecule has 0 aromatic heterocycles. The van der Waals surface area contributed by atoms with Crippen LogP contribution >= 0.6 is 0 Å². The van der Waals surface area contributed by atoms with Crippen LogP contribution in [0.25, 0.3) is 22.3 Å². The Hall–Kier alpha value is -4.94. The van der Waals surface area contributed by atoms with Crippen LogP contribution in [0.2, 0.25) is 0 Å². The van der Waals surface area contributed by atoms with Crippen LogP contribution in [0.15, 0.2) is 0 Å². The Morgan fingerprint density at radius 1 is 0.294 bits per heavy atom. The van der Waals surface area contributed by atoms with E-state index in [-0.39, 0.29) is 5.56 Å². The second kappa shape index (κ2) is 7.58. The van der Waals surface area contributed by atoms with Gasteiger partial charge in [-0.3, -0.25) is 0 Å². The lowest BCUT2D eigenvalue weighted by atomic mass is 9.90. The lowest BCUT2D eigenvalue weighted by Gasteiger charge is -2.21. The minimum Gasteiger partial charge on any atom is -0.504 e. The summed E-state index contributed by atoms with van der Waals surface area (Å²) >= 11 is 0. The molecule has 0 bridgehead atoms. The average molecular weight is 480 g/mol. The molecule has 0 amide bonds. The van der Waals surface area contributed by atoms with Gasteiger partial charge in [0.15, 0.2) is 57.5 Å². The molecule has 3 aromatic carbocycles.